The lowest BCUT2D eigenvalue weighted by Crippen LogP contribution is -2.36. The Balaban J connectivity index is 2.75. The minimum absolute atomic E-state index is 0.109. The molecule has 0 saturated heterocycles. The van der Waals surface area contributed by atoms with E-state index in [2.05, 4.69) is 0 Å². The fourth-order valence-corrected chi connectivity index (χ4v) is 5.27. The first-order valence-electron chi connectivity index (χ1n) is 6.66. The minimum atomic E-state index is -4.07. The third-order valence-electron chi connectivity index (χ3n) is 3.15. The lowest BCUT2D eigenvalue weighted by atomic mass is 10.0. The van der Waals surface area contributed by atoms with Crippen LogP contribution < -0.4 is 13.2 Å². The van der Waals surface area contributed by atoms with Crippen LogP contribution in [0, 0.1) is 0 Å². The summed E-state index contributed by atoms with van der Waals surface area (Å²) in [5.74, 6) is 0.498. The van der Waals surface area contributed by atoms with Crippen LogP contribution in [-0.2, 0) is 20.0 Å². The summed E-state index contributed by atoms with van der Waals surface area (Å²) >= 11 is 0. The van der Waals surface area contributed by atoms with E-state index in [0.29, 0.717) is 15.0 Å². The van der Waals surface area contributed by atoms with E-state index >= 15 is 0 Å². The number of anilines is 1. The van der Waals surface area contributed by atoms with Gasteiger partial charge < -0.3 is 9.47 Å². The first-order valence-corrected chi connectivity index (χ1v) is 10.4. The maximum atomic E-state index is 12.0. The zero-order valence-electron chi connectivity index (χ0n) is 13.5. The van der Waals surface area contributed by atoms with Gasteiger partial charge in [-0.1, -0.05) is 6.08 Å². The summed E-state index contributed by atoms with van der Waals surface area (Å²) < 4.78 is 59.2. The standard InChI is InChI=1S/C14H19NO6S2/c1-14(2)7-6-10-8-13(20-3)11(9-12(10)21-14)15(22(4,16)17)23(5,18)19/h6-9H,1-5H3. The van der Waals surface area contributed by atoms with Crippen LogP contribution in [0.3, 0.4) is 0 Å². The summed E-state index contributed by atoms with van der Waals surface area (Å²) in [7, 11) is -6.80. The predicted octanol–water partition coefficient (Wildman–Crippen LogP) is 1.60. The highest BCUT2D eigenvalue weighted by atomic mass is 32.3. The monoisotopic (exact) mass is 361 g/mol. The van der Waals surface area contributed by atoms with Gasteiger partial charge in [0.2, 0.25) is 20.0 Å². The number of ether oxygens (including phenoxy) is 2. The third kappa shape index (κ3) is 3.61. The van der Waals surface area contributed by atoms with E-state index in [9.17, 15) is 16.8 Å². The maximum Gasteiger partial charge on any atom is 0.245 e. The van der Waals surface area contributed by atoms with E-state index in [0.717, 1.165) is 12.5 Å². The first-order chi connectivity index (χ1) is 10.3. The van der Waals surface area contributed by atoms with Gasteiger partial charge in [-0.05, 0) is 26.0 Å². The largest absolute Gasteiger partial charge is 0.494 e. The Hall–Kier alpha value is -1.74. The molecule has 1 aliphatic rings. The molecule has 9 heteroatoms. The molecule has 0 fully saturated rings. The van der Waals surface area contributed by atoms with Crippen LogP contribution in [-0.4, -0.2) is 42.1 Å². The van der Waals surface area contributed by atoms with Crippen LogP contribution in [0.15, 0.2) is 18.2 Å². The van der Waals surface area contributed by atoms with E-state index in [1.54, 1.807) is 6.07 Å². The van der Waals surface area contributed by atoms with Crippen molar-refractivity contribution >= 4 is 31.8 Å². The molecule has 1 aliphatic heterocycles. The summed E-state index contributed by atoms with van der Waals surface area (Å²) in [6.45, 7) is 3.67. The number of hydrogen-bond acceptors (Lipinski definition) is 6. The smallest absolute Gasteiger partial charge is 0.245 e. The van der Waals surface area contributed by atoms with E-state index < -0.39 is 25.6 Å². The van der Waals surface area contributed by atoms with Gasteiger partial charge in [0.1, 0.15) is 22.8 Å². The lowest BCUT2D eigenvalue weighted by Gasteiger charge is -2.30. The van der Waals surface area contributed by atoms with Gasteiger partial charge in [0.15, 0.2) is 0 Å². The zero-order valence-corrected chi connectivity index (χ0v) is 15.2. The van der Waals surface area contributed by atoms with Crippen LogP contribution in [0.25, 0.3) is 6.08 Å². The van der Waals surface area contributed by atoms with Crippen molar-refractivity contribution in [2.24, 2.45) is 0 Å². The molecular formula is C14H19NO6S2. The Kier molecular flexibility index (Phi) is 4.15. The molecule has 0 unspecified atom stereocenters. The van der Waals surface area contributed by atoms with Gasteiger partial charge in [0.25, 0.3) is 0 Å². The van der Waals surface area contributed by atoms with Gasteiger partial charge in [0, 0.05) is 11.6 Å². The first kappa shape index (κ1) is 17.6. The number of hydrogen-bond donors (Lipinski definition) is 0. The second-order valence-electron chi connectivity index (χ2n) is 5.82. The van der Waals surface area contributed by atoms with Gasteiger partial charge in [-0.3, -0.25) is 0 Å². The molecule has 0 aromatic heterocycles. The summed E-state index contributed by atoms with van der Waals surface area (Å²) in [5, 5.41) is 0. The second kappa shape index (κ2) is 5.41. The Morgan fingerprint density at radius 1 is 1.09 bits per heavy atom. The lowest BCUT2D eigenvalue weighted by molar-refractivity contribution is 0.159. The molecule has 1 aromatic carbocycles. The molecule has 0 aliphatic carbocycles. The molecule has 0 bridgehead atoms. The summed E-state index contributed by atoms with van der Waals surface area (Å²) in [4.78, 5) is 0. The van der Waals surface area contributed by atoms with Crippen LogP contribution >= 0.6 is 0 Å². The highest BCUT2D eigenvalue weighted by Crippen LogP contribution is 2.41. The molecule has 0 N–H and O–H groups in total. The van der Waals surface area contributed by atoms with Gasteiger partial charge in [-0.25, -0.2) is 16.8 Å². The number of rotatable bonds is 4. The molecule has 128 valence electrons. The van der Waals surface area contributed by atoms with Crippen LogP contribution in [0.1, 0.15) is 19.4 Å². The van der Waals surface area contributed by atoms with Crippen molar-refractivity contribution < 1.29 is 26.3 Å². The molecular weight excluding hydrogens is 342 g/mol. The summed E-state index contributed by atoms with van der Waals surface area (Å²) in [5.41, 5.74) is -0.0194. The Morgan fingerprint density at radius 2 is 1.65 bits per heavy atom. The van der Waals surface area contributed by atoms with Crippen molar-refractivity contribution in [1.29, 1.82) is 0 Å². The molecule has 0 atom stereocenters. The predicted molar refractivity (Wildman–Crippen MR) is 88.9 cm³/mol. The fourth-order valence-electron chi connectivity index (χ4n) is 2.30. The number of nitrogens with zero attached hydrogens (tertiary/aromatic N) is 1. The highest BCUT2D eigenvalue weighted by molar-refractivity contribution is 8.09. The molecule has 0 amide bonds. The maximum absolute atomic E-state index is 12.0. The van der Waals surface area contributed by atoms with Gasteiger partial charge in [-0.2, -0.15) is 3.71 Å². The van der Waals surface area contributed by atoms with Crippen molar-refractivity contribution in [2.45, 2.75) is 19.4 Å². The van der Waals surface area contributed by atoms with Gasteiger partial charge in [0.05, 0.1) is 19.6 Å². The number of fused-ring (bicyclic) bond motifs is 1. The second-order valence-corrected chi connectivity index (χ2v) is 9.72. The quantitative estimate of drug-likeness (QED) is 0.809. The molecule has 0 saturated carbocycles. The highest BCUT2D eigenvalue weighted by Gasteiger charge is 2.32. The molecule has 1 aromatic rings. The Labute approximate surface area is 136 Å². The SMILES string of the molecule is COc1cc2c(cc1N(S(C)(=O)=O)S(C)(=O)=O)OC(C)(C)C=C2. The molecule has 23 heavy (non-hydrogen) atoms. The van der Waals surface area contributed by atoms with Crippen LogP contribution in [0.4, 0.5) is 5.69 Å². The van der Waals surface area contributed by atoms with Crippen molar-refractivity contribution in [2.75, 3.05) is 23.3 Å². The van der Waals surface area contributed by atoms with E-state index in [1.807, 2.05) is 26.0 Å². The average Bonchev–Trinajstić information content (AvgIpc) is 2.33. The van der Waals surface area contributed by atoms with E-state index in [4.69, 9.17) is 9.47 Å². The topological polar surface area (TPSA) is 90.0 Å². The van der Waals surface area contributed by atoms with Crippen molar-refractivity contribution in [1.82, 2.24) is 0 Å². The summed E-state index contributed by atoms with van der Waals surface area (Å²) in [6.07, 6.45) is 5.30. The molecule has 0 spiro atoms. The molecule has 1 heterocycles. The molecule has 7 nitrogen and oxygen atoms in total. The van der Waals surface area contributed by atoms with E-state index in [1.165, 1.54) is 13.2 Å². The van der Waals surface area contributed by atoms with Crippen LogP contribution in [0.2, 0.25) is 0 Å². The summed E-state index contributed by atoms with van der Waals surface area (Å²) in [6, 6.07) is 2.90. The normalized spacial score (nSPS) is 16.4. The molecule has 2 rings (SSSR count). The zero-order chi connectivity index (χ0) is 17.6. The number of benzene rings is 1. The Bertz CT molecular complexity index is 837. The van der Waals surface area contributed by atoms with Gasteiger partial charge >= 0.3 is 0 Å². The number of sulfonamides is 2. The minimum Gasteiger partial charge on any atom is -0.494 e. The van der Waals surface area contributed by atoms with Gasteiger partial charge in [-0.15, -0.1) is 0 Å². The number of methoxy groups -OCH3 is 1. The van der Waals surface area contributed by atoms with Crippen molar-refractivity contribution in [3.63, 3.8) is 0 Å². The van der Waals surface area contributed by atoms with E-state index in [-0.39, 0.29) is 11.4 Å². The fraction of sp³-hybridized carbons (Fsp3) is 0.429. The van der Waals surface area contributed by atoms with Crippen molar-refractivity contribution in [3.05, 3.63) is 23.8 Å². The average molecular weight is 361 g/mol. The Morgan fingerprint density at radius 3 is 2.13 bits per heavy atom. The third-order valence-corrected chi connectivity index (χ3v) is 6.37. The molecule has 0 radical (unpaired) electrons. The van der Waals surface area contributed by atoms with Crippen molar-refractivity contribution in [3.8, 4) is 11.5 Å². The van der Waals surface area contributed by atoms with Crippen LogP contribution in [0.5, 0.6) is 11.5 Å².